The zero-order valence-electron chi connectivity index (χ0n) is 16.5. The molecule has 6 atom stereocenters. The van der Waals surface area contributed by atoms with Crippen molar-refractivity contribution >= 4 is 20.0 Å². The summed E-state index contributed by atoms with van der Waals surface area (Å²) in [5.41, 5.74) is -0.527. The summed E-state index contributed by atoms with van der Waals surface area (Å²) in [4.78, 5) is 25.6. The van der Waals surface area contributed by atoms with Gasteiger partial charge in [-0.15, -0.1) is 0 Å². The molecule has 24 heavy (non-hydrogen) atoms. The summed E-state index contributed by atoms with van der Waals surface area (Å²) in [6, 6.07) is 0. The first-order valence-electron chi connectivity index (χ1n) is 9.21. The van der Waals surface area contributed by atoms with Gasteiger partial charge >= 0.3 is 11.9 Å². The molecule has 2 aliphatic rings. The minimum absolute atomic E-state index is 0.181. The Hall–Kier alpha value is -0.843. The first-order valence-corrected chi connectivity index (χ1v) is 12.9. The second kappa shape index (κ2) is 6.47. The maximum absolute atomic E-state index is 12.8. The van der Waals surface area contributed by atoms with Crippen molar-refractivity contribution in [3.8, 4) is 0 Å². The standard InChI is InChI=1S/C19H34O4Si/c1-11-12(2)14-9-13(11)15(17(20)22-10-24(6,7)8)16(14)18(21)23-19(3,4)5/h11-16H,9-10H2,1-8H3. The number of carbonyl (C=O) groups is 2. The Kier molecular flexibility index (Phi) is 5.25. The molecule has 2 bridgehead atoms. The van der Waals surface area contributed by atoms with Crippen molar-refractivity contribution in [3.05, 3.63) is 0 Å². The van der Waals surface area contributed by atoms with Crippen molar-refractivity contribution in [3.63, 3.8) is 0 Å². The molecular formula is C19H34O4Si. The van der Waals surface area contributed by atoms with Crippen LogP contribution in [0.4, 0.5) is 0 Å². The third kappa shape index (κ3) is 4.03. The molecule has 4 nitrogen and oxygen atoms in total. The maximum atomic E-state index is 12.8. The van der Waals surface area contributed by atoms with Crippen molar-refractivity contribution in [2.24, 2.45) is 35.5 Å². The Bertz CT molecular complexity index is 502. The van der Waals surface area contributed by atoms with Gasteiger partial charge in [0.15, 0.2) is 0 Å². The summed E-state index contributed by atoms with van der Waals surface area (Å²) in [6.07, 6.45) is 1.46. The van der Waals surface area contributed by atoms with Crippen LogP contribution in [0.15, 0.2) is 0 Å². The number of carbonyl (C=O) groups excluding carboxylic acids is 2. The number of hydrogen-bond acceptors (Lipinski definition) is 4. The lowest BCUT2D eigenvalue weighted by molar-refractivity contribution is -0.172. The van der Waals surface area contributed by atoms with E-state index in [1.807, 2.05) is 20.8 Å². The van der Waals surface area contributed by atoms with Crippen LogP contribution >= 0.6 is 0 Å². The monoisotopic (exact) mass is 354 g/mol. The van der Waals surface area contributed by atoms with Crippen molar-refractivity contribution < 1.29 is 19.1 Å². The highest BCUT2D eigenvalue weighted by Gasteiger charge is 2.61. The molecule has 0 spiro atoms. The molecule has 0 aromatic heterocycles. The molecule has 138 valence electrons. The number of fused-ring (bicyclic) bond motifs is 2. The van der Waals surface area contributed by atoms with E-state index in [-0.39, 0.29) is 35.6 Å². The minimum atomic E-state index is -1.47. The molecule has 0 radical (unpaired) electrons. The van der Waals surface area contributed by atoms with E-state index < -0.39 is 13.7 Å². The molecule has 2 fully saturated rings. The number of ether oxygens (including phenoxy) is 2. The molecule has 2 aliphatic carbocycles. The lowest BCUT2D eigenvalue weighted by atomic mass is 9.69. The highest BCUT2D eigenvalue weighted by molar-refractivity contribution is 6.76. The Morgan fingerprint density at radius 3 is 1.83 bits per heavy atom. The van der Waals surface area contributed by atoms with Crippen LogP contribution in [-0.4, -0.2) is 31.8 Å². The van der Waals surface area contributed by atoms with Crippen LogP contribution < -0.4 is 0 Å². The normalized spacial score (nSPS) is 35.8. The third-order valence-corrected chi connectivity index (χ3v) is 6.64. The van der Waals surface area contributed by atoms with Gasteiger partial charge in [-0.25, -0.2) is 0 Å². The lowest BCUT2D eigenvalue weighted by Gasteiger charge is -2.37. The van der Waals surface area contributed by atoms with E-state index in [9.17, 15) is 9.59 Å². The highest BCUT2D eigenvalue weighted by Crippen LogP contribution is 2.58. The van der Waals surface area contributed by atoms with Gasteiger partial charge in [0.25, 0.3) is 0 Å². The Morgan fingerprint density at radius 1 is 0.958 bits per heavy atom. The summed E-state index contributed by atoms with van der Waals surface area (Å²) >= 11 is 0. The van der Waals surface area contributed by atoms with Gasteiger partial charge in [0.05, 0.1) is 26.1 Å². The topological polar surface area (TPSA) is 52.6 Å². The van der Waals surface area contributed by atoms with E-state index in [0.29, 0.717) is 18.1 Å². The average molecular weight is 355 g/mol. The Labute approximate surface area is 147 Å². The van der Waals surface area contributed by atoms with Gasteiger partial charge in [0.1, 0.15) is 5.60 Å². The number of hydrogen-bond donors (Lipinski definition) is 0. The van der Waals surface area contributed by atoms with E-state index in [0.717, 1.165) is 6.42 Å². The molecule has 0 aromatic rings. The predicted octanol–water partition coefficient (Wildman–Crippen LogP) is 3.90. The van der Waals surface area contributed by atoms with Crippen LogP contribution in [0.3, 0.4) is 0 Å². The highest BCUT2D eigenvalue weighted by atomic mass is 28.3. The van der Waals surface area contributed by atoms with Gasteiger partial charge in [-0.2, -0.15) is 0 Å². The van der Waals surface area contributed by atoms with Crippen molar-refractivity contribution in [2.75, 3.05) is 6.23 Å². The quantitative estimate of drug-likeness (QED) is 0.567. The molecule has 0 heterocycles. The van der Waals surface area contributed by atoms with Gasteiger partial charge in [0, 0.05) is 0 Å². The molecule has 0 aromatic carbocycles. The zero-order valence-corrected chi connectivity index (χ0v) is 17.5. The number of rotatable bonds is 4. The molecule has 0 N–H and O–H groups in total. The first-order chi connectivity index (χ1) is 10.8. The van der Waals surface area contributed by atoms with Gasteiger partial charge in [-0.05, 0) is 50.9 Å². The Morgan fingerprint density at radius 2 is 1.42 bits per heavy atom. The van der Waals surface area contributed by atoms with Crippen LogP contribution in [0, 0.1) is 35.5 Å². The van der Waals surface area contributed by atoms with Gasteiger partial charge in [0.2, 0.25) is 0 Å². The van der Waals surface area contributed by atoms with Crippen LogP contribution in [0.25, 0.3) is 0 Å². The average Bonchev–Trinajstić information content (AvgIpc) is 2.91. The van der Waals surface area contributed by atoms with Gasteiger partial charge in [-0.1, -0.05) is 33.5 Å². The molecule has 6 unspecified atom stereocenters. The molecule has 0 aliphatic heterocycles. The van der Waals surface area contributed by atoms with E-state index >= 15 is 0 Å². The fourth-order valence-corrected chi connectivity index (χ4v) is 4.98. The van der Waals surface area contributed by atoms with E-state index in [1.165, 1.54) is 0 Å². The van der Waals surface area contributed by atoms with E-state index in [1.54, 1.807) is 0 Å². The van der Waals surface area contributed by atoms with Gasteiger partial charge < -0.3 is 9.47 Å². The van der Waals surface area contributed by atoms with E-state index in [4.69, 9.17) is 9.47 Å². The zero-order chi connectivity index (χ0) is 18.4. The van der Waals surface area contributed by atoms with Gasteiger partial charge in [-0.3, -0.25) is 9.59 Å². The second-order valence-corrected chi connectivity index (χ2v) is 15.4. The summed E-state index contributed by atoms with van der Waals surface area (Å²) in [7, 11) is -1.47. The number of esters is 2. The largest absolute Gasteiger partial charge is 0.469 e. The molecule has 2 saturated carbocycles. The summed E-state index contributed by atoms with van der Waals surface area (Å²) in [5.74, 6) is 0.331. The second-order valence-electron chi connectivity index (χ2n) is 10.0. The van der Waals surface area contributed by atoms with Crippen LogP contribution in [0.5, 0.6) is 0 Å². The van der Waals surface area contributed by atoms with Crippen LogP contribution in [0.1, 0.15) is 41.0 Å². The minimum Gasteiger partial charge on any atom is -0.469 e. The fraction of sp³-hybridized carbons (Fsp3) is 0.895. The maximum Gasteiger partial charge on any atom is 0.310 e. The molecule has 0 amide bonds. The van der Waals surface area contributed by atoms with Crippen molar-refractivity contribution in [1.29, 1.82) is 0 Å². The summed E-state index contributed by atoms with van der Waals surface area (Å²) in [6.45, 7) is 16.6. The molecule has 0 saturated heterocycles. The van der Waals surface area contributed by atoms with Crippen LogP contribution in [-0.2, 0) is 19.1 Å². The SMILES string of the molecule is CC1C(C)C2CC1C(C(=O)OC[Si](C)(C)C)C2C(=O)OC(C)(C)C. The Balaban J connectivity index is 2.19. The van der Waals surface area contributed by atoms with E-state index in [2.05, 4.69) is 33.5 Å². The summed E-state index contributed by atoms with van der Waals surface area (Å²) in [5, 5.41) is 0. The van der Waals surface area contributed by atoms with Crippen molar-refractivity contribution in [1.82, 2.24) is 0 Å². The lowest BCUT2D eigenvalue weighted by Crippen LogP contribution is -2.45. The summed E-state index contributed by atoms with van der Waals surface area (Å²) < 4.78 is 11.3. The smallest absolute Gasteiger partial charge is 0.310 e. The first kappa shape index (κ1) is 19.5. The molecule has 2 rings (SSSR count). The third-order valence-electron chi connectivity index (χ3n) is 5.63. The molecule has 5 heteroatoms. The molecular weight excluding hydrogens is 320 g/mol. The van der Waals surface area contributed by atoms with Crippen LogP contribution in [0.2, 0.25) is 19.6 Å². The predicted molar refractivity (Wildman–Crippen MR) is 97.1 cm³/mol. The van der Waals surface area contributed by atoms with Crippen molar-refractivity contribution in [2.45, 2.75) is 66.3 Å². The fourth-order valence-electron chi connectivity index (χ4n) is 4.40.